The zero-order valence-electron chi connectivity index (χ0n) is 8.86. The summed E-state index contributed by atoms with van der Waals surface area (Å²) in [5.74, 6) is -12.7. The Morgan fingerprint density at radius 3 is 2.05 bits per heavy atom. The smallest absolute Gasteiger partial charge is 0.301 e. The van der Waals surface area contributed by atoms with Gasteiger partial charge in [0.2, 0.25) is 11.0 Å². The molecule has 0 saturated carbocycles. The molecule has 1 heterocycles. The SMILES string of the molecule is CC(=O)Nc1nnc(C(F)(F)C(F)(F)C(F)(F)F)s1. The second-order valence-corrected chi connectivity index (χ2v) is 4.22. The summed E-state index contributed by atoms with van der Waals surface area (Å²) in [7, 11) is 0. The molecule has 0 aliphatic rings. The Morgan fingerprint density at radius 2 is 1.63 bits per heavy atom. The van der Waals surface area contributed by atoms with Crippen LogP contribution in [0.3, 0.4) is 0 Å². The Balaban J connectivity index is 3.13. The lowest BCUT2D eigenvalue weighted by atomic mass is 10.2. The normalized spacial score (nSPS) is 13.5. The van der Waals surface area contributed by atoms with Gasteiger partial charge >= 0.3 is 18.0 Å². The van der Waals surface area contributed by atoms with Crippen LogP contribution < -0.4 is 5.32 Å². The zero-order chi connectivity index (χ0) is 15.1. The number of nitrogens with one attached hydrogen (secondary N) is 1. The predicted molar refractivity (Wildman–Crippen MR) is 49.1 cm³/mol. The molecule has 1 N–H and O–H groups in total. The first-order valence-electron chi connectivity index (χ1n) is 4.33. The largest absolute Gasteiger partial charge is 0.460 e. The maximum Gasteiger partial charge on any atom is 0.460 e. The fourth-order valence-corrected chi connectivity index (χ4v) is 1.66. The van der Waals surface area contributed by atoms with Crippen molar-refractivity contribution in [2.45, 2.75) is 24.9 Å². The molecule has 108 valence electrons. The van der Waals surface area contributed by atoms with E-state index in [1.165, 1.54) is 0 Å². The molecule has 19 heavy (non-hydrogen) atoms. The summed E-state index contributed by atoms with van der Waals surface area (Å²) in [6.45, 7) is 0.962. The van der Waals surface area contributed by atoms with Crippen LogP contribution in [0, 0.1) is 0 Å². The van der Waals surface area contributed by atoms with Crippen LogP contribution in [0.4, 0.5) is 35.9 Å². The fourth-order valence-electron chi connectivity index (χ4n) is 0.864. The molecule has 4 nitrogen and oxygen atoms in total. The topological polar surface area (TPSA) is 54.9 Å². The van der Waals surface area contributed by atoms with Crippen molar-refractivity contribution in [2.75, 3.05) is 5.32 Å². The van der Waals surface area contributed by atoms with Crippen LogP contribution in [0.25, 0.3) is 0 Å². The van der Waals surface area contributed by atoms with E-state index in [9.17, 15) is 35.5 Å². The molecular formula is C7H4F7N3OS. The first-order chi connectivity index (χ1) is 8.39. The van der Waals surface area contributed by atoms with E-state index in [0.717, 1.165) is 6.92 Å². The van der Waals surface area contributed by atoms with Gasteiger partial charge in [0.25, 0.3) is 0 Å². The van der Waals surface area contributed by atoms with Gasteiger partial charge in [-0.2, -0.15) is 30.7 Å². The number of halogens is 7. The zero-order valence-corrected chi connectivity index (χ0v) is 9.67. The average molecular weight is 311 g/mol. The predicted octanol–water partition coefficient (Wildman–Crippen LogP) is 2.79. The van der Waals surface area contributed by atoms with Crippen molar-refractivity contribution in [2.24, 2.45) is 0 Å². The summed E-state index contributed by atoms with van der Waals surface area (Å²) in [5.41, 5.74) is 0. The fraction of sp³-hybridized carbons (Fsp3) is 0.571. The Morgan fingerprint density at radius 1 is 1.11 bits per heavy atom. The summed E-state index contributed by atoms with van der Waals surface area (Å²) in [5, 5.41) is 4.79. The van der Waals surface area contributed by atoms with Crippen molar-refractivity contribution < 1.29 is 35.5 Å². The molecule has 0 spiro atoms. The first kappa shape index (κ1) is 15.6. The Kier molecular flexibility index (Phi) is 3.76. The molecule has 0 saturated heterocycles. The number of carbonyl (C=O) groups excluding carboxylic acids is 1. The summed E-state index contributed by atoms with van der Waals surface area (Å²) in [4.78, 5) is 10.5. The number of amides is 1. The molecule has 0 fully saturated rings. The summed E-state index contributed by atoms with van der Waals surface area (Å²) < 4.78 is 87.2. The molecule has 0 aliphatic heterocycles. The van der Waals surface area contributed by atoms with Crippen LogP contribution in [0.15, 0.2) is 0 Å². The van der Waals surface area contributed by atoms with Crippen LogP contribution in [0.2, 0.25) is 0 Å². The molecule has 12 heteroatoms. The Labute approximate surface area is 104 Å². The van der Waals surface area contributed by atoms with Gasteiger partial charge < -0.3 is 5.32 Å². The highest BCUT2D eigenvalue weighted by Gasteiger charge is 2.75. The van der Waals surface area contributed by atoms with Crippen LogP contribution in [-0.2, 0) is 10.7 Å². The number of anilines is 1. The summed E-state index contributed by atoms with van der Waals surface area (Å²) in [6.07, 6.45) is -6.45. The maximum absolute atomic E-state index is 13.1. The number of nitrogens with zero attached hydrogens (tertiary/aromatic N) is 2. The number of hydrogen-bond acceptors (Lipinski definition) is 4. The third kappa shape index (κ3) is 2.77. The molecule has 0 aliphatic carbocycles. The van der Waals surface area contributed by atoms with Crippen LogP contribution in [0.5, 0.6) is 0 Å². The van der Waals surface area contributed by atoms with Crippen molar-refractivity contribution >= 4 is 22.4 Å². The molecule has 1 aromatic rings. The lowest BCUT2D eigenvalue weighted by Crippen LogP contribution is -2.50. The van der Waals surface area contributed by atoms with Gasteiger partial charge in [-0.25, -0.2) is 0 Å². The lowest BCUT2D eigenvalue weighted by Gasteiger charge is -2.25. The van der Waals surface area contributed by atoms with Crippen molar-refractivity contribution in [1.82, 2.24) is 10.2 Å². The minimum atomic E-state index is -6.45. The number of hydrogen-bond donors (Lipinski definition) is 1. The molecule has 1 rings (SSSR count). The second-order valence-electron chi connectivity index (χ2n) is 3.24. The van der Waals surface area contributed by atoms with Crippen molar-refractivity contribution in [3.05, 3.63) is 5.01 Å². The molecule has 0 atom stereocenters. The maximum atomic E-state index is 13.1. The monoisotopic (exact) mass is 311 g/mol. The van der Waals surface area contributed by atoms with E-state index in [1.54, 1.807) is 0 Å². The summed E-state index contributed by atoms with van der Waals surface area (Å²) in [6, 6.07) is 0. The van der Waals surface area contributed by atoms with E-state index in [2.05, 4.69) is 10.2 Å². The minimum Gasteiger partial charge on any atom is -0.301 e. The van der Waals surface area contributed by atoms with E-state index in [0.29, 0.717) is 0 Å². The minimum absolute atomic E-state index is 0.273. The van der Waals surface area contributed by atoms with E-state index in [-0.39, 0.29) is 11.3 Å². The van der Waals surface area contributed by atoms with E-state index in [1.807, 2.05) is 5.32 Å². The number of carbonyl (C=O) groups is 1. The van der Waals surface area contributed by atoms with Gasteiger partial charge in [0.05, 0.1) is 0 Å². The highest BCUT2D eigenvalue weighted by molar-refractivity contribution is 7.15. The molecule has 0 radical (unpaired) electrons. The third-order valence-electron chi connectivity index (χ3n) is 1.73. The van der Waals surface area contributed by atoms with Gasteiger partial charge in [0.15, 0.2) is 5.01 Å². The molecule has 0 bridgehead atoms. The highest BCUT2D eigenvalue weighted by atomic mass is 32.1. The van der Waals surface area contributed by atoms with Gasteiger partial charge in [-0.1, -0.05) is 11.3 Å². The quantitative estimate of drug-likeness (QED) is 0.873. The Hall–Kier alpha value is -1.46. The molecule has 1 aromatic heterocycles. The van der Waals surface area contributed by atoms with Gasteiger partial charge in [-0.3, -0.25) is 4.79 Å². The standard InChI is InChI=1S/C7H4F7N3OS/c1-2(18)15-4-17-16-3(19-4)5(8,9)6(10,11)7(12,13)14/h1H3,(H,15,17,18). The number of alkyl halides is 7. The lowest BCUT2D eigenvalue weighted by molar-refractivity contribution is -0.359. The van der Waals surface area contributed by atoms with Gasteiger partial charge in [-0.05, 0) is 0 Å². The molecule has 0 unspecified atom stereocenters. The van der Waals surface area contributed by atoms with Gasteiger partial charge in [0.1, 0.15) is 0 Å². The Bertz CT molecular complexity index is 483. The molecular weight excluding hydrogens is 307 g/mol. The summed E-state index contributed by atoms with van der Waals surface area (Å²) >= 11 is -0.273. The van der Waals surface area contributed by atoms with Crippen LogP contribution in [0.1, 0.15) is 11.9 Å². The van der Waals surface area contributed by atoms with E-state index >= 15 is 0 Å². The van der Waals surface area contributed by atoms with Crippen molar-refractivity contribution in [1.29, 1.82) is 0 Å². The van der Waals surface area contributed by atoms with E-state index in [4.69, 9.17) is 0 Å². The van der Waals surface area contributed by atoms with Crippen molar-refractivity contribution in [3.8, 4) is 0 Å². The number of aromatic nitrogens is 2. The molecule has 0 aromatic carbocycles. The van der Waals surface area contributed by atoms with Gasteiger partial charge in [-0.15, -0.1) is 10.2 Å². The highest BCUT2D eigenvalue weighted by Crippen LogP contribution is 2.52. The van der Waals surface area contributed by atoms with Crippen LogP contribution in [-0.4, -0.2) is 28.2 Å². The number of rotatable bonds is 3. The molecule has 1 amide bonds. The third-order valence-corrected chi connectivity index (χ3v) is 2.64. The second kappa shape index (κ2) is 4.58. The van der Waals surface area contributed by atoms with Crippen LogP contribution >= 0.6 is 11.3 Å². The van der Waals surface area contributed by atoms with Crippen molar-refractivity contribution in [3.63, 3.8) is 0 Å². The first-order valence-corrected chi connectivity index (χ1v) is 5.15. The average Bonchev–Trinajstić information content (AvgIpc) is 2.63. The van der Waals surface area contributed by atoms with Gasteiger partial charge in [0, 0.05) is 6.92 Å². The van der Waals surface area contributed by atoms with E-state index < -0.39 is 34.1 Å².